The van der Waals surface area contributed by atoms with E-state index in [-0.39, 0.29) is 34.7 Å². The highest BCUT2D eigenvalue weighted by Gasteiger charge is 2.52. The molecule has 2 aliphatic rings. The monoisotopic (exact) mass is 521 g/mol. The lowest BCUT2D eigenvalue weighted by atomic mass is 9.85. The van der Waals surface area contributed by atoms with Crippen molar-refractivity contribution in [2.24, 2.45) is 0 Å². The molecule has 0 radical (unpaired) electrons. The van der Waals surface area contributed by atoms with Crippen molar-refractivity contribution in [3.8, 4) is 5.75 Å². The van der Waals surface area contributed by atoms with Gasteiger partial charge >= 0.3 is 0 Å². The van der Waals surface area contributed by atoms with Crippen molar-refractivity contribution in [2.75, 3.05) is 26.2 Å². The second kappa shape index (κ2) is 11.6. The van der Waals surface area contributed by atoms with Gasteiger partial charge in [-0.05, 0) is 79.3 Å². The lowest BCUT2D eigenvalue weighted by Gasteiger charge is -2.47. The molecule has 3 atom stereocenters. The van der Waals surface area contributed by atoms with Crippen LogP contribution < -0.4 is 4.74 Å². The fraction of sp³-hybridized carbons (Fsp3) is 0.387. The maximum atomic E-state index is 14.1. The fourth-order valence-electron chi connectivity index (χ4n) is 5.80. The van der Waals surface area contributed by atoms with Crippen LogP contribution in [-0.4, -0.2) is 47.9 Å². The maximum Gasteiger partial charge on any atom is 0.281 e. The molecule has 0 aromatic heterocycles. The number of hydroxylamine groups is 3. The second-order valence-corrected chi connectivity index (χ2v) is 10.4. The zero-order valence-corrected chi connectivity index (χ0v) is 21.8. The van der Waals surface area contributed by atoms with Gasteiger partial charge in [-0.3, -0.25) is 4.79 Å². The number of halogens is 2. The van der Waals surface area contributed by atoms with Gasteiger partial charge < -0.3 is 9.64 Å². The van der Waals surface area contributed by atoms with E-state index >= 15 is 0 Å². The molecular formula is C31H35F2N2O3+. The van der Waals surface area contributed by atoms with Gasteiger partial charge in [0.2, 0.25) is 0 Å². The Morgan fingerprint density at radius 2 is 1.66 bits per heavy atom. The summed E-state index contributed by atoms with van der Waals surface area (Å²) in [6, 6.07) is 20.7. The summed E-state index contributed by atoms with van der Waals surface area (Å²) in [6.07, 6.45) is 3.03. The third-order valence-electron chi connectivity index (χ3n) is 7.75. The molecule has 3 aromatic carbocycles. The largest absolute Gasteiger partial charge is 0.439 e. The average molecular weight is 522 g/mol. The van der Waals surface area contributed by atoms with E-state index < -0.39 is 6.23 Å². The topological polar surface area (TPSA) is 38.8 Å². The fourth-order valence-corrected chi connectivity index (χ4v) is 5.80. The van der Waals surface area contributed by atoms with Crippen LogP contribution >= 0.6 is 0 Å². The van der Waals surface area contributed by atoms with E-state index in [4.69, 9.17) is 9.57 Å². The van der Waals surface area contributed by atoms with Crippen molar-refractivity contribution in [1.82, 2.24) is 4.90 Å². The van der Waals surface area contributed by atoms with Crippen LogP contribution in [0.2, 0.25) is 0 Å². The van der Waals surface area contributed by atoms with Crippen LogP contribution in [-0.2, 0) is 16.2 Å². The molecule has 1 amide bonds. The first-order chi connectivity index (χ1) is 18.4. The predicted octanol–water partition coefficient (Wildman–Crippen LogP) is 6.13. The smallest absolute Gasteiger partial charge is 0.281 e. The molecule has 3 unspecified atom stereocenters. The standard InChI is InChI=1S/C31H35F2N2O3/c1-23-20-26(33)13-16-28(23)29-10-7-19-35(21-30(36)34-17-5-6-18-34,37-22-24-8-3-2-4-9-24)31(29)38-27-14-11-25(32)12-15-27/h2-4,8-9,11-16,20,29,31H,5-7,10,17-19,21-22H2,1H3/q+1. The van der Waals surface area contributed by atoms with Crippen LogP contribution in [0.5, 0.6) is 5.75 Å². The van der Waals surface area contributed by atoms with E-state index in [1.807, 2.05) is 48.2 Å². The van der Waals surface area contributed by atoms with Gasteiger partial charge in [-0.1, -0.05) is 36.4 Å². The third-order valence-corrected chi connectivity index (χ3v) is 7.75. The van der Waals surface area contributed by atoms with Gasteiger partial charge in [-0.2, -0.15) is 4.84 Å². The highest BCUT2D eigenvalue weighted by atomic mass is 19.1. The Labute approximate surface area is 223 Å². The molecule has 3 aromatic rings. The van der Waals surface area contributed by atoms with Gasteiger partial charge in [0.05, 0.1) is 5.92 Å². The van der Waals surface area contributed by atoms with Gasteiger partial charge in [-0.15, -0.1) is 4.65 Å². The number of benzene rings is 3. The summed E-state index contributed by atoms with van der Waals surface area (Å²) in [4.78, 5) is 22.2. The van der Waals surface area contributed by atoms with E-state index in [1.54, 1.807) is 12.1 Å². The van der Waals surface area contributed by atoms with Gasteiger partial charge in [0.25, 0.3) is 12.1 Å². The Bertz CT molecular complexity index is 1230. The number of likely N-dealkylation sites (tertiary alicyclic amines) is 2. The molecule has 38 heavy (non-hydrogen) atoms. The van der Waals surface area contributed by atoms with Crippen molar-refractivity contribution < 1.29 is 27.8 Å². The number of rotatable bonds is 8. The molecule has 0 spiro atoms. The Kier molecular flexibility index (Phi) is 8.05. The van der Waals surface area contributed by atoms with Crippen LogP contribution in [0.25, 0.3) is 0 Å². The number of carbonyl (C=O) groups excluding carboxylic acids is 1. The van der Waals surface area contributed by atoms with Crippen molar-refractivity contribution >= 4 is 5.91 Å². The molecule has 2 saturated heterocycles. The van der Waals surface area contributed by atoms with Crippen LogP contribution in [0.1, 0.15) is 48.3 Å². The van der Waals surface area contributed by atoms with E-state index in [9.17, 15) is 13.6 Å². The number of ether oxygens (including phenoxy) is 1. The molecule has 2 heterocycles. The summed E-state index contributed by atoms with van der Waals surface area (Å²) in [5.74, 6) is -0.251. The molecule has 7 heteroatoms. The van der Waals surface area contributed by atoms with Gasteiger partial charge in [0.15, 0.2) is 6.54 Å². The van der Waals surface area contributed by atoms with Crippen molar-refractivity contribution in [3.63, 3.8) is 0 Å². The number of aryl methyl sites for hydroxylation is 1. The molecular weight excluding hydrogens is 486 g/mol. The molecule has 0 bridgehead atoms. The second-order valence-electron chi connectivity index (χ2n) is 10.4. The number of carbonyl (C=O) groups is 1. The average Bonchev–Trinajstić information content (AvgIpc) is 3.46. The van der Waals surface area contributed by atoms with Crippen LogP contribution in [0, 0.1) is 18.6 Å². The summed E-state index contributed by atoms with van der Waals surface area (Å²) in [7, 11) is 0. The van der Waals surface area contributed by atoms with E-state index in [0.29, 0.717) is 18.9 Å². The van der Waals surface area contributed by atoms with E-state index in [2.05, 4.69) is 0 Å². The molecule has 0 N–H and O–H groups in total. The Morgan fingerprint density at radius 3 is 2.37 bits per heavy atom. The summed E-state index contributed by atoms with van der Waals surface area (Å²) < 4.78 is 34.4. The Hall–Kier alpha value is -3.29. The summed E-state index contributed by atoms with van der Waals surface area (Å²) in [5, 5.41) is 0. The van der Waals surface area contributed by atoms with Gasteiger partial charge in [-0.25, -0.2) is 8.78 Å². The zero-order chi connectivity index (χ0) is 26.5. The molecule has 2 aliphatic heterocycles. The molecule has 0 saturated carbocycles. The number of nitrogens with zero attached hydrogens (tertiary/aromatic N) is 2. The molecule has 0 aliphatic carbocycles. The number of piperidine rings is 1. The number of hydrogen-bond acceptors (Lipinski definition) is 3. The summed E-state index contributed by atoms with van der Waals surface area (Å²) >= 11 is 0. The number of amides is 1. The SMILES string of the molecule is Cc1cc(F)ccc1C1CCC[N+](CC(=O)N2CCCC2)(OCc2ccccc2)C1Oc1ccc(F)cc1. The van der Waals surface area contributed by atoms with Gasteiger partial charge in [0, 0.05) is 19.5 Å². The summed E-state index contributed by atoms with van der Waals surface area (Å²) in [6.45, 7) is 4.44. The van der Waals surface area contributed by atoms with Crippen LogP contribution in [0.15, 0.2) is 72.8 Å². The highest BCUT2D eigenvalue weighted by molar-refractivity contribution is 5.77. The lowest BCUT2D eigenvalue weighted by Crippen LogP contribution is -2.65. The highest BCUT2D eigenvalue weighted by Crippen LogP contribution is 2.41. The quantitative estimate of drug-likeness (QED) is 0.335. The zero-order valence-electron chi connectivity index (χ0n) is 21.8. The minimum Gasteiger partial charge on any atom is -0.439 e. The maximum absolute atomic E-state index is 14.1. The summed E-state index contributed by atoms with van der Waals surface area (Å²) in [5.41, 5.74) is 2.80. The van der Waals surface area contributed by atoms with Crippen molar-refractivity contribution in [2.45, 2.75) is 51.4 Å². The van der Waals surface area contributed by atoms with E-state index in [1.165, 1.54) is 24.3 Å². The Balaban J connectivity index is 1.55. The van der Waals surface area contributed by atoms with Crippen LogP contribution in [0.3, 0.4) is 0 Å². The van der Waals surface area contributed by atoms with Gasteiger partial charge in [0.1, 0.15) is 30.5 Å². The first-order valence-corrected chi connectivity index (χ1v) is 13.4. The Morgan fingerprint density at radius 1 is 0.947 bits per heavy atom. The minimum absolute atomic E-state index is 0.0108. The first-order valence-electron chi connectivity index (χ1n) is 13.4. The number of quaternary nitrogens is 1. The molecule has 2 fully saturated rings. The normalized spacial score (nSPS) is 23.4. The predicted molar refractivity (Wildman–Crippen MR) is 141 cm³/mol. The van der Waals surface area contributed by atoms with Crippen molar-refractivity contribution in [1.29, 1.82) is 0 Å². The number of hydrogen-bond donors (Lipinski definition) is 0. The minimum atomic E-state index is -0.589. The van der Waals surface area contributed by atoms with Crippen molar-refractivity contribution in [3.05, 3.63) is 101 Å². The lowest BCUT2D eigenvalue weighted by molar-refractivity contribution is -1.14. The third kappa shape index (κ3) is 5.89. The van der Waals surface area contributed by atoms with Crippen LogP contribution in [0.4, 0.5) is 8.78 Å². The first kappa shape index (κ1) is 26.3. The molecule has 200 valence electrons. The molecule has 5 rings (SSSR count). The molecule has 5 nitrogen and oxygen atoms in total. The van der Waals surface area contributed by atoms with E-state index in [0.717, 1.165) is 55.5 Å².